The van der Waals surface area contributed by atoms with Crippen LogP contribution in [0.25, 0.3) is 99.4 Å². The van der Waals surface area contributed by atoms with Crippen LogP contribution in [-0.2, 0) is 0 Å². The van der Waals surface area contributed by atoms with Gasteiger partial charge in [-0.3, -0.25) is 0 Å². The number of nitrogens with zero attached hydrogens (tertiary/aromatic N) is 1. The van der Waals surface area contributed by atoms with Gasteiger partial charge in [-0.15, -0.1) is 0 Å². The second-order valence-corrected chi connectivity index (χ2v) is 17.6. The lowest BCUT2D eigenvalue weighted by atomic mass is 9.84. The van der Waals surface area contributed by atoms with Gasteiger partial charge in [-0.1, -0.05) is 243 Å². The first kappa shape index (κ1) is 41.4. The molecule has 0 saturated heterocycles. The Hall–Kier alpha value is -9.04. The summed E-state index contributed by atoms with van der Waals surface area (Å²) in [7, 11) is 0. The van der Waals surface area contributed by atoms with Crippen molar-refractivity contribution >= 4 is 38.6 Å². The minimum Gasteiger partial charge on any atom is -0.310 e. The lowest BCUT2D eigenvalue weighted by Crippen LogP contribution is -2.11. The third-order valence-corrected chi connectivity index (χ3v) is 13.5. The third-order valence-electron chi connectivity index (χ3n) is 13.5. The Balaban J connectivity index is 0.960. The van der Waals surface area contributed by atoms with Crippen molar-refractivity contribution in [1.29, 1.82) is 0 Å². The zero-order valence-corrected chi connectivity index (χ0v) is 38.1. The van der Waals surface area contributed by atoms with Crippen molar-refractivity contribution in [2.75, 3.05) is 4.90 Å². The van der Waals surface area contributed by atoms with Gasteiger partial charge >= 0.3 is 0 Å². The van der Waals surface area contributed by atoms with Gasteiger partial charge in [-0.2, -0.15) is 0 Å². The summed E-state index contributed by atoms with van der Waals surface area (Å²) in [4.78, 5) is 2.40. The summed E-state index contributed by atoms with van der Waals surface area (Å²) >= 11 is 0. The van der Waals surface area contributed by atoms with Crippen LogP contribution in [0.15, 0.2) is 285 Å². The van der Waals surface area contributed by atoms with Crippen LogP contribution >= 0.6 is 0 Å². The van der Waals surface area contributed by atoms with Crippen LogP contribution < -0.4 is 4.90 Å². The van der Waals surface area contributed by atoms with E-state index in [1.54, 1.807) is 0 Å². The molecule has 0 bridgehead atoms. The minimum atomic E-state index is 1.08. The molecular weight excluding hydrogens is 831 g/mol. The first-order valence-electron chi connectivity index (χ1n) is 23.7. The van der Waals surface area contributed by atoms with E-state index in [2.05, 4.69) is 290 Å². The van der Waals surface area contributed by atoms with Crippen LogP contribution in [0, 0.1) is 0 Å². The molecule has 0 atom stereocenters. The molecule has 0 fully saturated rings. The van der Waals surface area contributed by atoms with Crippen molar-refractivity contribution in [3.8, 4) is 77.9 Å². The molecule has 0 saturated carbocycles. The Morgan fingerprint density at radius 3 is 1.10 bits per heavy atom. The zero-order chi connectivity index (χ0) is 45.9. The molecule has 0 aliphatic rings. The minimum absolute atomic E-state index is 1.08. The highest BCUT2D eigenvalue weighted by molar-refractivity contribution is 6.22. The summed E-state index contributed by atoms with van der Waals surface area (Å²) in [6.45, 7) is 0. The van der Waals surface area contributed by atoms with E-state index >= 15 is 0 Å². The second kappa shape index (κ2) is 18.3. The van der Waals surface area contributed by atoms with E-state index in [0.717, 1.165) is 28.2 Å². The zero-order valence-electron chi connectivity index (χ0n) is 38.1. The van der Waals surface area contributed by atoms with E-state index in [1.165, 1.54) is 88.3 Å². The Labute approximate surface area is 404 Å². The Kier molecular flexibility index (Phi) is 11.0. The largest absolute Gasteiger partial charge is 0.310 e. The summed E-state index contributed by atoms with van der Waals surface area (Å²) in [5, 5.41) is 4.99. The summed E-state index contributed by atoms with van der Waals surface area (Å²) < 4.78 is 0. The van der Waals surface area contributed by atoms with Crippen molar-refractivity contribution in [2.45, 2.75) is 0 Å². The lowest BCUT2D eigenvalue weighted by molar-refractivity contribution is 1.28. The first-order valence-corrected chi connectivity index (χ1v) is 23.7. The highest BCUT2D eigenvalue weighted by Gasteiger charge is 2.20. The molecule has 1 nitrogen and oxygen atoms in total. The van der Waals surface area contributed by atoms with Crippen molar-refractivity contribution in [3.05, 3.63) is 285 Å². The summed E-state index contributed by atoms with van der Waals surface area (Å²) in [5.74, 6) is 0. The van der Waals surface area contributed by atoms with Crippen LogP contribution in [0.4, 0.5) is 17.1 Å². The Morgan fingerprint density at radius 1 is 0.188 bits per heavy atom. The predicted octanol–water partition coefficient (Wildman–Crippen LogP) is 19.1. The molecule has 0 aliphatic heterocycles. The fourth-order valence-corrected chi connectivity index (χ4v) is 10.2. The van der Waals surface area contributed by atoms with E-state index in [9.17, 15) is 0 Å². The number of hydrogen-bond donors (Lipinski definition) is 0. The second-order valence-electron chi connectivity index (χ2n) is 17.6. The molecule has 0 amide bonds. The smallest absolute Gasteiger partial charge is 0.0540 e. The molecule has 0 heterocycles. The summed E-state index contributed by atoms with van der Waals surface area (Å²) in [6, 6.07) is 103. The fourth-order valence-electron chi connectivity index (χ4n) is 10.2. The quantitative estimate of drug-likeness (QED) is 0.124. The molecule has 0 radical (unpaired) electrons. The van der Waals surface area contributed by atoms with Gasteiger partial charge in [-0.25, -0.2) is 0 Å². The first-order chi connectivity index (χ1) is 34.2. The van der Waals surface area contributed by atoms with Crippen LogP contribution in [0.3, 0.4) is 0 Å². The summed E-state index contributed by atoms with van der Waals surface area (Å²) in [6.07, 6.45) is 0. The van der Waals surface area contributed by atoms with Gasteiger partial charge in [0.05, 0.1) is 5.69 Å². The van der Waals surface area contributed by atoms with Gasteiger partial charge in [0.25, 0.3) is 0 Å². The number of hydrogen-bond acceptors (Lipinski definition) is 1. The van der Waals surface area contributed by atoms with Gasteiger partial charge < -0.3 is 4.90 Å². The molecule has 0 aromatic heterocycles. The maximum absolute atomic E-state index is 2.40. The third kappa shape index (κ3) is 7.97. The molecule has 69 heavy (non-hydrogen) atoms. The SMILES string of the molecule is c1ccc(-c2ccc(-c3ccc(N(c4ccc(-c5ccc6c(-c7ccccc7)c(-c7ccccc7)c7ccccc7c6c5)cc4)c4ccccc4-c4ccccc4)cc3)cc2-c2ccccc2)cc1. The standard InChI is InChI=1S/C68H47N/c1-6-20-50(21-7-1)59-44-38-55(46-64(59)52-24-10-3-11-25-52)48-34-40-57(41-35-48)69(66-33-19-18-30-60(66)51-22-8-2-9-23-51)58-42-36-49(37-43-58)56-39-45-63-65(47-56)61-31-16-17-32-62(61)67(53-26-12-4-13-27-53)68(63)54-28-14-5-15-29-54/h1-47H. The number of fused-ring (bicyclic) bond motifs is 3. The van der Waals surface area contributed by atoms with Crippen molar-refractivity contribution in [3.63, 3.8) is 0 Å². The molecule has 1 heteroatoms. The van der Waals surface area contributed by atoms with Gasteiger partial charge in [-0.05, 0) is 136 Å². The Morgan fingerprint density at radius 2 is 0.565 bits per heavy atom. The van der Waals surface area contributed by atoms with E-state index in [4.69, 9.17) is 0 Å². The highest BCUT2D eigenvalue weighted by Crippen LogP contribution is 2.47. The van der Waals surface area contributed by atoms with Gasteiger partial charge in [0, 0.05) is 16.9 Å². The summed E-state index contributed by atoms with van der Waals surface area (Å²) in [5.41, 5.74) is 20.1. The highest BCUT2D eigenvalue weighted by atomic mass is 15.1. The monoisotopic (exact) mass is 877 g/mol. The van der Waals surface area contributed by atoms with Crippen LogP contribution in [0.2, 0.25) is 0 Å². The average molecular weight is 878 g/mol. The molecule has 12 rings (SSSR count). The van der Waals surface area contributed by atoms with Crippen molar-refractivity contribution < 1.29 is 0 Å². The van der Waals surface area contributed by atoms with E-state index in [0.29, 0.717) is 0 Å². The van der Waals surface area contributed by atoms with Gasteiger partial charge in [0.15, 0.2) is 0 Å². The van der Waals surface area contributed by atoms with Crippen LogP contribution in [0.1, 0.15) is 0 Å². The van der Waals surface area contributed by atoms with Gasteiger partial charge in [0.1, 0.15) is 0 Å². The number of para-hydroxylation sites is 1. The number of benzene rings is 12. The molecular formula is C68H47N. The molecule has 0 unspecified atom stereocenters. The molecule has 0 aliphatic carbocycles. The maximum Gasteiger partial charge on any atom is 0.0540 e. The maximum atomic E-state index is 2.40. The van der Waals surface area contributed by atoms with E-state index in [1.807, 2.05) is 0 Å². The van der Waals surface area contributed by atoms with Gasteiger partial charge in [0.2, 0.25) is 0 Å². The molecule has 0 spiro atoms. The van der Waals surface area contributed by atoms with Crippen LogP contribution in [0.5, 0.6) is 0 Å². The van der Waals surface area contributed by atoms with Crippen molar-refractivity contribution in [2.24, 2.45) is 0 Å². The normalized spacial score (nSPS) is 11.2. The van der Waals surface area contributed by atoms with Crippen molar-refractivity contribution in [1.82, 2.24) is 0 Å². The van der Waals surface area contributed by atoms with E-state index in [-0.39, 0.29) is 0 Å². The topological polar surface area (TPSA) is 3.24 Å². The molecule has 324 valence electrons. The Bertz CT molecular complexity index is 3720. The number of anilines is 3. The van der Waals surface area contributed by atoms with Crippen LogP contribution in [-0.4, -0.2) is 0 Å². The molecule has 12 aromatic carbocycles. The fraction of sp³-hybridized carbons (Fsp3) is 0. The van der Waals surface area contributed by atoms with E-state index < -0.39 is 0 Å². The number of rotatable bonds is 10. The average Bonchev–Trinajstić information content (AvgIpc) is 3.44. The predicted molar refractivity (Wildman–Crippen MR) is 294 cm³/mol. The molecule has 0 N–H and O–H groups in total. The lowest BCUT2D eigenvalue weighted by Gasteiger charge is -2.28. The molecule has 12 aromatic rings.